The summed E-state index contributed by atoms with van der Waals surface area (Å²) >= 11 is 0. The van der Waals surface area contributed by atoms with Crippen molar-refractivity contribution in [2.75, 3.05) is 13.2 Å². The van der Waals surface area contributed by atoms with Gasteiger partial charge in [0.05, 0.1) is 24.2 Å². The Kier molecular flexibility index (Phi) is 13.1. The fourth-order valence-electron chi connectivity index (χ4n) is 7.55. The summed E-state index contributed by atoms with van der Waals surface area (Å²) < 4.78 is 32.1. The van der Waals surface area contributed by atoms with E-state index in [4.69, 9.17) is 23.4 Å². The van der Waals surface area contributed by atoms with E-state index in [1.165, 1.54) is 10.4 Å². The third kappa shape index (κ3) is 9.15. The van der Waals surface area contributed by atoms with Crippen LogP contribution in [0, 0.1) is 11.3 Å². The van der Waals surface area contributed by atoms with Gasteiger partial charge in [-0.2, -0.15) is 0 Å². The summed E-state index contributed by atoms with van der Waals surface area (Å²) in [6.45, 7) is 22.4. The lowest BCUT2D eigenvalue weighted by molar-refractivity contribution is -0.289. The number of benzene rings is 2. The number of carbonyl (C=O) groups is 1. The average Bonchev–Trinajstić information content (AvgIpc) is 3.05. The molecule has 0 bridgehead atoms. The lowest BCUT2D eigenvalue weighted by Crippen LogP contribution is -2.67. The first-order chi connectivity index (χ1) is 22.6. The number of ketones is 1. The fourth-order valence-corrected chi connectivity index (χ4v) is 12.3. The van der Waals surface area contributed by atoms with Crippen molar-refractivity contribution >= 4 is 24.5 Å². The van der Waals surface area contributed by atoms with Crippen molar-refractivity contribution in [2.45, 2.75) is 143 Å². The van der Waals surface area contributed by atoms with Gasteiger partial charge in [-0.1, -0.05) is 108 Å². The highest BCUT2D eigenvalue weighted by Crippen LogP contribution is 2.39. The first-order valence-electron chi connectivity index (χ1n) is 18.2. The van der Waals surface area contributed by atoms with Gasteiger partial charge in [-0.15, -0.1) is 0 Å². The largest absolute Gasteiger partial charge is 0.405 e. The molecule has 2 fully saturated rings. The predicted molar refractivity (Wildman–Crippen MR) is 197 cm³/mol. The molecule has 5 atom stereocenters. The Hall–Kier alpha value is -2.13. The van der Waals surface area contributed by atoms with E-state index >= 15 is 0 Å². The van der Waals surface area contributed by atoms with Crippen molar-refractivity contribution < 1.29 is 28.2 Å². The molecule has 4 rings (SSSR count). The van der Waals surface area contributed by atoms with Crippen LogP contribution < -0.4 is 10.4 Å². The zero-order valence-corrected chi connectivity index (χ0v) is 32.3. The molecule has 0 aromatic heterocycles. The SMILES string of the molecule is CC(=CCCC(C)O[Si](c1ccccc1)(c1ccccc1)C(C)(C)C)C(OC1CCCCO1)[C@@H](C)C(=O)C(C)(C)[C@@H]1CCOC(C)(C)O1. The van der Waals surface area contributed by atoms with Crippen LogP contribution in [-0.2, 0) is 28.2 Å². The van der Waals surface area contributed by atoms with E-state index in [2.05, 4.69) is 101 Å². The second-order valence-corrected chi connectivity index (χ2v) is 20.2. The van der Waals surface area contributed by atoms with Crippen molar-refractivity contribution in [1.82, 2.24) is 0 Å². The first kappa shape index (κ1) is 38.7. The Bertz CT molecular complexity index is 1290. The van der Waals surface area contributed by atoms with Crippen molar-refractivity contribution in [3.05, 3.63) is 72.3 Å². The summed E-state index contributed by atoms with van der Waals surface area (Å²) in [5.41, 5.74) is 0.361. The van der Waals surface area contributed by atoms with E-state index < -0.39 is 19.5 Å². The van der Waals surface area contributed by atoms with Crippen molar-refractivity contribution in [3.8, 4) is 0 Å². The summed E-state index contributed by atoms with van der Waals surface area (Å²) in [5.74, 6) is -0.942. The van der Waals surface area contributed by atoms with E-state index in [1.54, 1.807) is 0 Å². The highest BCUT2D eigenvalue weighted by molar-refractivity contribution is 6.99. The van der Waals surface area contributed by atoms with Crippen LogP contribution >= 0.6 is 0 Å². The second-order valence-electron chi connectivity index (χ2n) is 16.0. The van der Waals surface area contributed by atoms with Gasteiger partial charge >= 0.3 is 0 Å². The van der Waals surface area contributed by atoms with Crippen LogP contribution in [0.3, 0.4) is 0 Å². The van der Waals surface area contributed by atoms with Gasteiger partial charge in [0.1, 0.15) is 5.78 Å². The summed E-state index contributed by atoms with van der Waals surface area (Å²) in [7, 11) is -2.65. The molecule has 7 heteroatoms. The van der Waals surface area contributed by atoms with Gasteiger partial charge in [-0.3, -0.25) is 4.79 Å². The summed E-state index contributed by atoms with van der Waals surface area (Å²) in [6.07, 6.45) is 6.66. The van der Waals surface area contributed by atoms with Crippen LogP contribution in [-0.4, -0.2) is 57.7 Å². The normalized spacial score (nSPS) is 22.9. The molecule has 2 aromatic rings. The van der Waals surface area contributed by atoms with Gasteiger partial charge in [0.25, 0.3) is 8.32 Å². The lowest BCUT2D eigenvalue weighted by Gasteiger charge is -2.44. The number of Topliss-reactive ketones (excluding diaryl/α,β-unsaturated/α-hetero) is 1. The molecule has 0 amide bonds. The highest BCUT2D eigenvalue weighted by atomic mass is 28.4. The molecular formula is C41H62O6Si. The van der Waals surface area contributed by atoms with E-state index in [9.17, 15) is 4.79 Å². The van der Waals surface area contributed by atoms with Gasteiger partial charge in [-0.25, -0.2) is 0 Å². The number of carbonyl (C=O) groups excluding carboxylic acids is 1. The molecule has 0 N–H and O–H groups in total. The quantitative estimate of drug-likeness (QED) is 0.148. The molecule has 2 aliphatic heterocycles. The molecular weight excluding hydrogens is 617 g/mol. The Morgan fingerprint density at radius 1 is 0.938 bits per heavy atom. The van der Waals surface area contributed by atoms with Crippen LogP contribution in [0.1, 0.15) is 108 Å². The van der Waals surface area contributed by atoms with E-state index in [0.29, 0.717) is 19.6 Å². The zero-order chi connectivity index (χ0) is 35.2. The van der Waals surface area contributed by atoms with Crippen molar-refractivity contribution in [1.29, 1.82) is 0 Å². The number of rotatable bonds is 14. The van der Waals surface area contributed by atoms with Gasteiger partial charge in [-0.05, 0) is 87.2 Å². The number of ether oxygens (including phenoxy) is 4. The molecule has 2 aromatic carbocycles. The molecule has 3 unspecified atom stereocenters. The molecule has 6 nitrogen and oxygen atoms in total. The van der Waals surface area contributed by atoms with Gasteiger partial charge in [0.15, 0.2) is 12.1 Å². The monoisotopic (exact) mass is 678 g/mol. The zero-order valence-electron chi connectivity index (χ0n) is 31.3. The second kappa shape index (κ2) is 16.3. The third-order valence-corrected chi connectivity index (χ3v) is 15.4. The summed E-state index contributed by atoms with van der Waals surface area (Å²) in [6, 6.07) is 21.6. The maximum absolute atomic E-state index is 14.3. The molecule has 0 aliphatic carbocycles. The Balaban J connectivity index is 1.54. The minimum atomic E-state index is -2.65. The van der Waals surface area contributed by atoms with Gasteiger partial charge < -0.3 is 23.4 Å². The number of hydrogen-bond donors (Lipinski definition) is 0. The summed E-state index contributed by atoms with van der Waals surface area (Å²) in [4.78, 5) is 14.3. The molecule has 266 valence electrons. The Labute approximate surface area is 292 Å². The van der Waals surface area contributed by atoms with Crippen LogP contribution in [0.15, 0.2) is 72.3 Å². The molecule has 48 heavy (non-hydrogen) atoms. The molecule has 0 spiro atoms. The maximum Gasteiger partial charge on any atom is 0.261 e. The number of allylic oxidation sites excluding steroid dienone is 1. The minimum Gasteiger partial charge on any atom is -0.405 e. The highest BCUT2D eigenvalue weighted by Gasteiger charge is 2.51. The molecule has 2 saturated heterocycles. The van der Waals surface area contributed by atoms with Gasteiger partial charge in [0, 0.05) is 18.6 Å². The molecule has 0 radical (unpaired) electrons. The lowest BCUT2D eigenvalue weighted by atomic mass is 9.73. The van der Waals surface area contributed by atoms with E-state index in [-0.39, 0.29) is 41.3 Å². The van der Waals surface area contributed by atoms with Crippen molar-refractivity contribution in [3.63, 3.8) is 0 Å². The number of hydrogen-bond acceptors (Lipinski definition) is 6. The molecule has 0 saturated carbocycles. The minimum absolute atomic E-state index is 0.0217. The fraction of sp³-hybridized carbons (Fsp3) is 0.634. The van der Waals surface area contributed by atoms with Crippen LogP contribution in [0.25, 0.3) is 0 Å². The predicted octanol–water partition coefficient (Wildman–Crippen LogP) is 8.36. The smallest absolute Gasteiger partial charge is 0.261 e. The maximum atomic E-state index is 14.3. The topological polar surface area (TPSA) is 63.2 Å². The van der Waals surface area contributed by atoms with E-state index in [1.807, 2.05) is 34.6 Å². The van der Waals surface area contributed by atoms with E-state index in [0.717, 1.165) is 37.7 Å². The standard InChI is InChI=1S/C41H62O6Si/c1-30(20-19-21-31(2)47-48(39(4,5)6,33-22-13-11-14-23-33)34-24-15-12-16-25-34)37(45-36-26-17-18-28-43-36)32(3)38(42)40(7,8)35-27-29-44-41(9,10)46-35/h11-16,20,22-25,31-32,35-37H,17-19,21,26-29H2,1-10H3/t31?,32-,35+,36?,37?/m1/s1. The van der Waals surface area contributed by atoms with Gasteiger partial charge in [0.2, 0.25) is 0 Å². The Morgan fingerprint density at radius 3 is 2.06 bits per heavy atom. The third-order valence-electron chi connectivity index (χ3n) is 10.3. The van der Waals surface area contributed by atoms with Crippen LogP contribution in [0.2, 0.25) is 5.04 Å². The summed E-state index contributed by atoms with van der Waals surface area (Å²) in [5, 5.41) is 2.49. The first-order valence-corrected chi connectivity index (χ1v) is 20.1. The molecule has 2 heterocycles. The average molecular weight is 679 g/mol. The van der Waals surface area contributed by atoms with Crippen LogP contribution in [0.4, 0.5) is 0 Å². The van der Waals surface area contributed by atoms with Crippen LogP contribution in [0.5, 0.6) is 0 Å². The Morgan fingerprint density at radius 2 is 1.54 bits per heavy atom. The molecule has 2 aliphatic rings. The van der Waals surface area contributed by atoms with Crippen molar-refractivity contribution in [2.24, 2.45) is 11.3 Å².